The second-order valence-corrected chi connectivity index (χ2v) is 6.74. The summed E-state index contributed by atoms with van der Waals surface area (Å²) in [7, 11) is 0. The summed E-state index contributed by atoms with van der Waals surface area (Å²) in [5, 5.41) is 19.1. The molecule has 1 aliphatic rings. The molecule has 0 fully saturated rings. The van der Waals surface area contributed by atoms with Crippen LogP contribution in [-0.4, -0.2) is 32.4 Å². The van der Waals surface area contributed by atoms with Crippen LogP contribution >= 0.6 is 11.3 Å². The van der Waals surface area contributed by atoms with Gasteiger partial charge in [0.05, 0.1) is 10.6 Å². The van der Waals surface area contributed by atoms with Gasteiger partial charge in [-0.15, -0.1) is 16.4 Å². The SMILES string of the molecule is Cc1c(O)cccc1OCC1=CCC(=O)n2nc(-c3cccs3)nc2N1. The van der Waals surface area contributed by atoms with Gasteiger partial charge in [0.1, 0.15) is 18.1 Å². The third-order valence-corrected chi connectivity index (χ3v) is 4.88. The Balaban J connectivity index is 1.54. The molecule has 0 radical (unpaired) electrons. The molecule has 2 aromatic heterocycles. The molecule has 0 bridgehead atoms. The van der Waals surface area contributed by atoms with Crippen LogP contribution < -0.4 is 10.1 Å². The monoisotopic (exact) mass is 368 g/mol. The van der Waals surface area contributed by atoms with E-state index in [1.54, 1.807) is 31.2 Å². The molecule has 0 saturated carbocycles. The van der Waals surface area contributed by atoms with E-state index in [0.717, 1.165) is 4.88 Å². The quantitative estimate of drug-likeness (QED) is 0.733. The number of phenolic OH excluding ortho intramolecular Hbond substituents is 1. The summed E-state index contributed by atoms with van der Waals surface area (Å²) in [6, 6.07) is 8.95. The molecule has 0 atom stereocenters. The summed E-state index contributed by atoms with van der Waals surface area (Å²) >= 11 is 1.52. The van der Waals surface area contributed by atoms with Crippen molar-refractivity contribution in [1.82, 2.24) is 14.8 Å². The largest absolute Gasteiger partial charge is 0.508 e. The van der Waals surface area contributed by atoms with Crippen LogP contribution in [0.1, 0.15) is 16.8 Å². The van der Waals surface area contributed by atoms with Gasteiger partial charge in [-0.1, -0.05) is 18.2 Å². The fourth-order valence-electron chi connectivity index (χ4n) is 2.58. The lowest BCUT2D eigenvalue weighted by molar-refractivity contribution is 0.0905. The lowest BCUT2D eigenvalue weighted by Gasteiger charge is -2.12. The first-order valence-corrected chi connectivity index (χ1v) is 8.91. The number of thiophene rings is 1. The molecular formula is C18H16N4O3S. The second-order valence-electron chi connectivity index (χ2n) is 5.79. The summed E-state index contributed by atoms with van der Waals surface area (Å²) in [6.07, 6.45) is 1.96. The zero-order chi connectivity index (χ0) is 18.1. The molecule has 7 nitrogen and oxygen atoms in total. The molecule has 26 heavy (non-hydrogen) atoms. The minimum Gasteiger partial charge on any atom is -0.508 e. The van der Waals surface area contributed by atoms with Crippen molar-refractivity contribution < 1.29 is 14.6 Å². The molecule has 1 aromatic carbocycles. The molecule has 3 heterocycles. The van der Waals surface area contributed by atoms with Gasteiger partial charge in [0.15, 0.2) is 5.82 Å². The van der Waals surface area contributed by atoms with E-state index in [1.807, 2.05) is 17.5 Å². The normalized spacial score (nSPS) is 13.6. The summed E-state index contributed by atoms with van der Waals surface area (Å²) in [5.41, 5.74) is 1.38. The van der Waals surface area contributed by atoms with Gasteiger partial charge in [0, 0.05) is 12.0 Å². The minimum absolute atomic E-state index is 0.161. The van der Waals surface area contributed by atoms with Crippen LogP contribution in [0, 0.1) is 6.92 Å². The highest BCUT2D eigenvalue weighted by Crippen LogP contribution is 2.27. The molecular weight excluding hydrogens is 352 g/mol. The Hall–Kier alpha value is -3.13. The molecule has 0 unspecified atom stereocenters. The van der Waals surface area contributed by atoms with Crippen molar-refractivity contribution in [2.24, 2.45) is 0 Å². The van der Waals surface area contributed by atoms with Gasteiger partial charge in [-0.2, -0.15) is 9.67 Å². The fourth-order valence-corrected chi connectivity index (χ4v) is 3.23. The summed E-state index contributed by atoms with van der Waals surface area (Å²) in [5.74, 6) is 1.50. The highest BCUT2D eigenvalue weighted by molar-refractivity contribution is 7.13. The highest BCUT2D eigenvalue weighted by atomic mass is 32.1. The van der Waals surface area contributed by atoms with Crippen LogP contribution in [0.25, 0.3) is 10.7 Å². The van der Waals surface area contributed by atoms with Gasteiger partial charge < -0.3 is 15.2 Å². The number of nitrogens with one attached hydrogen (secondary N) is 1. The zero-order valence-electron chi connectivity index (χ0n) is 14.0. The number of carbonyl (C=O) groups excluding carboxylic acids is 1. The van der Waals surface area contributed by atoms with Crippen molar-refractivity contribution in [3.63, 3.8) is 0 Å². The molecule has 0 aliphatic carbocycles. The number of rotatable bonds is 4. The molecule has 3 aromatic rings. The van der Waals surface area contributed by atoms with Gasteiger partial charge in [0.25, 0.3) is 5.91 Å². The van der Waals surface area contributed by atoms with E-state index in [0.29, 0.717) is 28.8 Å². The Bertz CT molecular complexity index is 992. The van der Waals surface area contributed by atoms with E-state index < -0.39 is 0 Å². The molecule has 0 spiro atoms. The van der Waals surface area contributed by atoms with E-state index in [-0.39, 0.29) is 24.7 Å². The topological polar surface area (TPSA) is 89.3 Å². The first-order valence-electron chi connectivity index (χ1n) is 8.03. The van der Waals surface area contributed by atoms with Gasteiger partial charge in [-0.05, 0) is 30.5 Å². The predicted octanol–water partition coefficient (Wildman–Crippen LogP) is 3.44. The van der Waals surface area contributed by atoms with Crippen molar-refractivity contribution in [3.05, 3.63) is 53.0 Å². The Morgan fingerprint density at radius 3 is 3.04 bits per heavy atom. The van der Waals surface area contributed by atoms with E-state index in [9.17, 15) is 9.90 Å². The highest BCUT2D eigenvalue weighted by Gasteiger charge is 2.21. The number of phenols is 1. The number of aromatic nitrogens is 3. The maximum absolute atomic E-state index is 12.3. The van der Waals surface area contributed by atoms with Crippen LogP contribution in [0.15, 0.2) is 47.5 Å². The number of allylic oxidation sites excluding steroid dienone is 1. The van der Waals surface area contributed by atoms with Crippen molar-refractivity contribution in [1.29, 1.82) is 0 Å². The average molecular weight is 368 g/mol. The summed E-state index contributed by atoms with van der Waals surface area (Å²) < 4.78 is 7.07. The van der Waals surface area contributed by atoms with E-state index >= 15 is 0 Å². The molecule has 4 rings (SSSR count). The van der Waals surface area contributed by atoms with Crippen molar-refractivity contribution in [2.75, 3.05) is 11.9 Å². The maximum Gasteiger partial charge on any atom is 0.253 e. The van der Waals surface area contributed by atoms with Gasteiger partial charge in [0.2, 0.25) is 5.95 Å². The molecule has 1 aliphatic heterocycles. The minimum atomic E-state index is -0.161. The molecule has 8 heteroatoms. The number of hydrogen-bond donors (Lipinski definition) is 2. The fraction of sp³-hybridized carbons (Fsp3) is 0.167. The van der Waals surface area contributed by atoms with E-state index in [1.165, 1.54) is 16.0 Å². The number of nitrogens with zero attached hydrogens (tertiary/aromatic N) is 3. The van der Waals surface area contributed by atoms with Crippen molar-refractivity contribution >= 4 is 23.2 Å². The Morgan fingerprint density at radius 2 is 2.23 bits per heavy atom. The van der Waals surface area contributed by atoms with Crippen LogP contribution in [0.3, 0.4) is 0 Å². The number of fused-ring (bicyclic) bond motifs is 1. The molecule has 2 N–H and O–H groups in total. The van der Waals surface area contributed by atoms with Crippen molar-refractivity contribution in [2.45, 2.75) is 13.3 Å². The van der Waals surface area contributed by atoms with E-state index in [2.05, 4.69) is 15.4 Å². The summed E-state index contributed by atoms with van der Waals surface area (Å²) in [6.45, 7) is 2.01. The lowest BCUT2D eigenvalue weighted by atomic mass is 10.2. The van der Waals surface area contributed by atoms with Crippen LogP contribution in [-0.2, 0) is 0 Å². The Labute approximate surface area is 153 Å². The standard InChI is InChI=1S/C18H16N4O3S/c1-11-13(23)4-2-5-14(11)25-10-12-7-8-16(24)22-18(19-12)20-17(21-22)15-6-3-9-26-15/h2-7,9,23H,8,10H2,1H3,(H,19,20,21). The lowest BCUT2D eigenvalue weighted by Crippen LogP contribution is -2.14. The van der Waals surface area contributed by atoms with Gasteiger partial charge in [-0.3, -0.25) is 4.79 Å². The first kappa shape index (κ1) is 16.3. The van der Waals surface area contributed by atoms with Crippen molar-refractivity contribution in [3.8, 4) is 22.2 Å². The number of hydrogen-bond acceptors (Lipinski definition) is 7. The third kappa shape index (κ3) is 3.06. The maximum atomic E-state index is 12.3. The second kappa shape index (κ2) is 6.64. The van der Waals surface area contributed by atoms with Crippen LogP contribution in [0.4, 0.5) is 5.95 Å². The average Bonchev–Trinajstić information content (AvgIpc) is 3.27. The number of benzene rings is 1. The number of anilines is 1. The smallest absolute Gasteiger partial charge is 0.253 e. The van der Waals surface area contributed by atoms with Gasteiger partial charge in [-0.25, -0.2) is 0 Å². The van der Waals surface area contributed by atoms with E-state index in [4.69, 9.17) is 4.74 Å². The molecule has 132 valence electrons. The number of ether oxygens (including phenoxy) is 1. The molecule has 0 saturated heterocycles. The Morgan fingerprint density at radius 1 is 1.35 bits per heavy atom. The predicted molar refractivity (Wildman–Crippen MR) is 98.6 cm³/mol. The number of carbonyl (C=O) groups is 1. The van der Waals surface area contributed by atoms with Crippen LogP contribution in [0.2, 0.25) is 0 Å². The van der Waals surface area contributed by atoms with Gasteiger partial charge >= 0.3 is 0 Å². The summed E-state index contributed by atoms with van der Waals surface area (Å²) in [4.78, 5) is 17.6. The first-order chi connectivity index (χ1) is 12.6. The molecule has 0 amide bonds. The Kier molecular flexibility index (Phi) is 4.18. The van der Waals surface area contributed by atoms with Crippen LogP contribution in [0.5, 0.6) is 11.5 Å². The number of aromatic hydroxyl groups is 1. The third-order valence-electron chi connectivity index (χ3n) is 4.02. The zero-order valence-corrected chi connectivity index (χ0v) is 14.8.